The van der Waals surface area contributed by atoms with Crippen LogP contribution in [0.1, 0.15) is 78.6 Å². The van der Waals surface area contributed by atoms with E-state index in [0.29, 0.717) is 5.41 Å². The molecule has 1 nitrogen and oxygen atoms in total. The van der Waals surface area contributed by atoms with Gasteiger partial charge in [-0.2, -0.15) is 0 Å². The summed E-state index contributed by atoms with van der Waals surface area (Å²) in [6, 6.07) is 0. The van der Waals surface area contributed by atoms with Crippen LogP contribution >= 0.6 is 0 Å². The van der Waals surface area contributed by atoms with Crippen molar-refractivity contribution in [3.63, 3.8) is 0 Å². The Morgan fingerprint density at radius 3 is 2.33 bits per heavy atom. The molecule has 4 aliphatic rings. The fourth-order valence-electron chi connectivity index (χ4n) is 7.44. The molecule has 0 amide bonds. The van der Waals surface area contributed by atoms with Crippen LogP contribution in [-0.2, 0) is 0 Å². The van der Waals surface area contributed by atoms with Gasteiger partial charge in [-0.15, -0.1) is 0 Å². The molecule has 4 fully saturated rings. The first-order valence-corrected chi connectivity index (χ1v) is 9.63. The molecule has 0 bridgehead atoms. The summed E-state index contributed by atoms with van der Waals surface area (Å²) < 4.78 is 0. The van der Waals surface area contributed by atoms with E-state index in [-0.39, 0.29) is 11.5 Å². The van der Waals surface area contributed by atoms with Gasteiger partial charge in [-0.25, -0.2) is 0 Å². The van der Waals surface area contributed by atoms with Crippen molar-refractivity contribution in [3.05, 3.63) is 0 Å². The van der Waals surface area contributed by atoms with Crippen molar-refractivity contribution < 1.29 is 5.11 Å². The van der Waals surface area contributed by atoms with Crippen molar-refractivity contribution in [3.8, 4) is 0 Å². The Hall–Kier alpha value is -0.0400. The van der Waals surface area contributed by atoms with E-state index in [1.807, 2.05) is 0 Å². The Bertz CT molecular complexity index is 418. The molecule has 4 saturated carbocycles. The molecule has 4 aliphatic carbocycles. The van der Waals surface area contributed by atoms with Gasteiger partial charge < -0.3 is 5.11 Å². The van der Waals surface area contributed by atoms with E-state index in [2.05, 4.69) is 20.8 Å². The van der Waals surface area contributed by atoms with E-state index >= 15 is 0 Å². The highest BCUT2D eigenvalue weighted by Gasteiger charge is 2.59. The van der Waals surface area contributed by atoms with Gasteiger partial charge in [-0.1, -0.05) is 27.2 Å². The van der Waals surface area contributed by atoms with Gasteiger partial charge in [-0.3, -0.25) is 0 Å². The average molecular weight is 290 g/mol. The molecule has 0 heterocycles. The van der Waals surface area contributed by atoms with Crippen LogP contribution < -0.4 is 0 Å². The normalized spacial score (nSPS) is 60.0. The predicted molar refractivity (Wildman–Crippen MR) is 86.9 cm³/mol. The molecule has 1 heteroatoms. The van der Waals surface area contributed by atoms with Crippen molar-refractivity contribution in [1.29, 1.82) is 0 Å². The predicted octanol–water partition coefficient (Wildman–Crippen LogP) is 5.03. The number of hydrogen-bond donors (Lipinski definition) is 1. The van der Waals surface area contributed by atoms with Crippen LogP contribution in [0, 0.1) is 40.4 Å². The minimum Gasteiger partial charge on any atom is -0.393 e. The summed E-state index contributed by atoms with van der Waals surface area (Å²) in [5.41, 5.74) is 0.886. The Labute approximate surface area is 130 Å². The fourth-order valence-corrected chi connectivity index (χ4v) is 7.44. The Kier molecular flexibility index (Phi) is 3.27. The molecule has 8 atom stereocenters. The molecule has 120 valence electrons. The van der Waals surface area contributed by atoms with Crippen LogP contribution in [0.2, 0.25) is 0 Å². The number of rotatable bonds is 0. The molecule has 4 rings (SSSR count). The van der Waals surface area contributed by atoms with E-state index in [1.54, 1.807) is 0 Å². The first kappa shape index (κ1) is 14.5. The molecule has 0 spiro atoms. The smallest absolute Gasteiger partial charge is 0.0596 e. The lowest BCUT2D eigenvalue weighted by Gasteiger charge is -2.60. The van der Waals surface area contributed by atoms with E-state index in [9.17, 15) is 5.11 Å². The van der Waals surface area contributed by atoms with E-state index in [4.69, 9.17) is 0 Å². The molecular formula is C20H34O. The molecule has 0 saturated heterocycles. The largest absolute Gasteiger partial charge is 0.393 e. The highest BCUT2D eigenvalue weighted by molar-refractivity contribution is 5.09. The lowest BCUT2D eigenvalue weighted by atomic mass is 9.44. The third-order valence-electron chi connectivity index (χ3n) is 8.88. The topological polar surface area (TPSA) is 20.2 Å². The minimum atomic E-state index is -0.0136. The molecule has 0 aliphatic heterocycles. The van der Waals surface area contributed by atoms with Gasteiger partial charge >= 0.3 is 0 Å². The summed E-state index contributed by atoms with van der Waals surface area (Å²) in [5.74, 6) is 4.67. The van der Waals surface area contributed by atoms with E-state index in [1.165, 1.54) is 51.4 Å². The first-order chi connectivity index (χ1) is 9.95. The molecule has 21 heavy (non-hydrogen) atoms. The Balaban J connectivity index is 1.62. The molecule has 0 aromatic heterocycles. The van der Waals surface area contributed by atoms with Crippen LogP contribution in [0.5, 0.6) is 0 Å². The zero-order chi connectivity index (χ0) is 14.8. The van der Waals surface area contributed by atoms with Crippen LogP contribution in [0.15, 0.2) is 0 Å². The molecular weight excluding hydrogens is 256 g/mol. The lowest BCUT2D eigenvalue weighted by molar-refractivity contribution is -0.125. The number of aliphatic hydroxyl groups excluding tert-OH is 1. The van der Waals surface area contributed by atoms with Crippen molar-refractivity contribution >= 4 is 0 Å². The SMILES string of the molecule is C[C@@H]1CC[C@@]2(C)[C@@H](CC[C@@H]3[C@@H]2CC[C@]2(C)[C@@H](O)CC[C@@H]32)C1. The van der Waals surface area contributed by atoms with Crippen LogP contribution in [0.3, 0.4) is 0 Å². The number of fused-ring (bicyclic) bond motifs is 5. The average Bonchev–Trinajstić information content (AvgIpc) is 2.76. The maximum Gasteiger partial charge on any atom is 0.0596 e. The summed E-state index contributed by atoms with van der Waals surface area (Å²) in [6.45, 7) is 7.52. The Morgan fingerprint density at radius 1 is 0.810 bits per heavy atom. The molecule has 0 radical (unpaired) electrons. The van der Waals surface area contributed by atoms with Gasteiger partial charge in [0.25, 0.3) is 0 Å². The summed E-state index contributed by atoms with van der Waals surface area (Å²) in [7, 11) is 0. The second-order valence-electron chi connectivity index (χ2n) is 9.67. The third-order valence-corrected chi connectivity index (χ3v) is 8.88. The minimum absolute atomic E-state index is 0.0136. The van der Waals surface area contributed by atoms with E-state index in [0.717, 1.165) is 36.0 Å². The van der Waals surface area contributed by atoms with Crippen molar-refractivity contribution in [1.82, 2.24) is 0 Å². The summed E-state index contributed by atoms with van der Waals surface area (Å²) in [4.78, 5) is 0. The second-order valence-corrected chi connectivity index (χ2v) is 9.67. The first-order valence-electron chi connectivity index (χ1n) is 9.63. The lowest BCUT2D eigenvalue weighted by Crippen LogP contribution is -2.53. The zero-order valence-corrected chi connectivity index (χ0v) is 14.3. The van der Waals surface area contributed by atoms with Gasteiger partial charge in [0.15, 0.2) is 0 Å². The third kappa shape index (κ3) is 1.92. The van der Waals surface area contributed by atoms with Crippen LogP contribution in [0.4, 0.5) is 0 Å². The zero-order valence-electron chi connectivity index (χ0n) is 14.3. The fraction of sp³-hybridized carbons (Fsp3) is 1.00. The van der Waals surface area contributed by atoms with Gasteiger partial charge in [0.05, 0.1) is 6.10 Å². The number of hydrogen-bond acceptors (Lipinski definition) is 1. The van der Waals surface area contributed by atoms with Crippen LogP contribution in [0.25, 0.3) is 0 Å². The quantitative estimate of drug-likeness (QED) is 0.663. The van der Waals surface area contributed by atoms with Gasteiger partial charge in [0.2, 0.25) is 0 Å². The van der Waals surface area contributed by atoms with Gasteiger partial charge in [0.1, 0.15) is 0 Å². The summed E-state index contributed by atoms with van der Waals surface area (Å²) in [5, 5.41) is 10.5. The maximum atomic E-state index is 10.5. The maximum absolute atomic E-state index is 10.5. The van der Waals surface area contributed by atoms with Crippen molar-refractivity contribution in [2.45, 2.75) is 84.7 Å². The standard InChI is InChI=1S/C20H34O/c1-13-8-10-19(2)14(12-13)4-5-15-16-6-7-18(21)20(16,3)11-9-17(15)19/h13-18,21H,4-12H2,1-3H3/t13-,14+,15+,16+,17+,18+,19+,20+/m1/s1. The van der Waals surface area contributed by atoms with Crippen molar-refractivity contribution in [2.75, 3.05) is 0 Å². The molecule has 0 aromatic rings. The number of aliphatic hydroxyl groups is 1. The molecule has 0 unspecified atom stereocenters. The highest BCUT2D eigenvalue weighted by atomic mass is 16.3. The summed E-state index contributed by atoms with van der Waals surface area (Å²) >= 11 is 0. The molecule has 1 N–H and O–H groups in total. The van der Waals surface area contributed by atoms with Gasteiger partial charge in [0, 0.05) is 0 Å². The van der Waals surface area contributed by atoms with Gasteiger partial charge in [-0.05, 0) is 91.8 Å². The summed E-state index contributed by atoms with van der Waals surface area (Å²) in [6.07, 6.45) is 12.4. The van der Waals surface area contributed by atoms with Crippen molar-refractivity contribution in [2.24, 2.45) is 40.4 Å². The van der Waals surface area contributed by atoms with Crippen LogP contribution in [-0.4, -0.2) is 11.2 Å². The molecule has 0 aromatic carbocycles. The highest BCUT2D eigenvalue weighted by Crippen LogP contribution is 2.66. The monoisotopic (exact) mass is 290 g/mol. The second kappa shape index (κ2) is 4.73. The van der Waals surface area contributed by atoms with E-state index < -0.39 is 0 Å². The Morgan fingerprint density at radius 2 is 1.52 bits per heavy atom.